The van der Waals surface area contributed by atoms with Crippen molar-refractivity contribution < 1.29 is 9.72 Å². The van der Waals surface area contributed by atoms with Crippen molar-refractivity contribution in [1.29, 1.82) is 0 Å². The Kier molecular flexibility index (Phi) is 4.92. The lowest BCUT2D eigenvalue weighted by atomic mass is 9.94. The lowest BCUT2D eigenvalue weighted by Gasteiger charge is -2.29. The third-order valence-corrected chi connectivity index (χ3v) is 4.16. The van der Waals surface area contributed by atoms with Crippen LogP contribution in [0.15, 0.2) is 18.2 Å². The summed E-state index contributed by atoms with van der Waals surface area (Å²) in [5.74, 6) is 0.180. The Hall–Kier alpha value is -2.11. The first-order chi connectivity index (χ1) is 10.7. The van der Waals surface area contributed by atoms with Crippen LogP contribution in [0.1, 0.15) is 32.8 Å². The van der Waals surface area contributed by atoms with E-state index in [1.54, 1.807) is 12.1 Å². The number of rotatable bonds is 2. The minimum absolute atomic E-state index is 0.116. The number of hydrogen-bond acceptors (Lipinski definition) is 4. The van der Waals surface area contributed by atoms with Crippen LogP contribution in [0.2, 0.25) is 0 Å². The normalized spacial score (nSPS) is 16.2. The van der Waals surface area contributed by atoms with Crippen molar-refractivity contribution in [2.45, 2.75) is 34.1 Å². The minimum atomic E-state index is -0.372. The quantitative estimate of drug-likeness (QED) is 0.621. The van der Waals surface area contributed by atoms with Crippen LogP contribution in [-0.4, -0.2) is 41.9 Å². The van der Waals surface area contributed by atoms with Gasteiger partial charge in [0.25, 0.3) is 5.69 Å². The molecule has 0 saturated carbocycles. The largest absolute Gasteiger partial charge is 0.369 e. The van der Waals surface area contributed by atoms with Gasteiger partial charge in [-0.3, -0.25) is 14.9 Å². The summed E-state index contributed by atoms with van der Waals surface area (Å²) in [5.41, 5.74) is 1.67. The number of nitro benzene ring substituents is 1. The first-order valence-corrected chi connectivity index (χ1v) is 7.99. The van der Waals surface area contributed by atoms with E-state index in [2.05, 4.69) is 4.90 Å². The molecule has 1 heterocycles. The second-order valence-electron chi connectivity index (χ2n) is 7.11. The summed E-state index contributed by atoms with van der Waals surface area (Å²) in [5, 5.41) is 10.9. The molecule has 0 radical (unpaired) electrons. The minimum Gasteiger partial charge on any atom is -0.369 e. The molecule has 0 unspecified atom stereocenters. The van der Waals surface area contributed by atoms with Gasteiger partial charge in [-0.1, -0.05) is 20.8 Å². The molecule has 126 valence electrons. The van der Waals surface area contributed by atoms with E-state index in [0.717, 1.165) is 37.3 Å². The van der Waals surface area contributed by atoms with Gasteiger partial charge in [0.2, 0.25) is 5.91 Å². The highest BCUT2D eigenvalue weighted by Gasteiger charge is 2.28. The lowest BCUT2D eigenvalue weighted by Crippen LogP contribution is -2.41. The summed E-state index contributed by atoms with van der Waals surface area (Å²) < 4.78 is 0. The number of benzene rings is 1. The average Bonchev–Trinajstić information content (AvgIpc) is 2.71. The first kappa shape index (κ1) is 17.2. The molecule has 1 saturated heterocycles. The zero-order chi connectivity index (χ0) is 17.2. The Labute approximate surface area is 137 Å². The molecule has 0 N–H and O–H groups in total. The number of amides is 1. The van der Waals surface area contributed by atoms with Crippen LogP contribution in [0.3, 0.4) is 0 Å². The van der Waals surface area contributed by atoms with Crippen LogP contribution in [0, 0.1) is 22.5 Å². The van der Waals surface area contributed by atoms with Gasteiger partial charge in [-0.25, -0.2) is 0 Å². The second kappa shape index (κ2) is 6.56. The second-order valence-corrected chi connectivity index (χ2v) is 7.11. The van der Waals surface area contributed by atoms with Crippen molar-refractivity contribution in [1.82, 2.24) is 4.90 Å². The highest BCUT2D eigenvalue weighted by atomic mass is 16.6. The summed E-state index contributed by atoms with van der Waals surface area (Å²) in [4.78, 5) is 27.1. The molecule has 0 aromatic heterocycles. The number of nitro groups is 1. The molecule has 0 aliphatic carbocycles. The molecule has 2 rings (SSSR count). The van der Waals surface area contributed by atoms with Gasteiger partial charge in [-0.15, -0.1) is 0 Å². The maximum Gasteiger partial charge on any atom is 0.269 e. The van der Waals surface area contributed by atoms with Crippen molar-refractivity contribution in [3.63, 3.8) is 0 Å². The van der Waals surface area contributed by atoms with Crippen LogP contribution in [0.25, 0.3) is 0 Å². The molecule has 23 heavy (non-hydrogen) atoms. The summed E-state index contributed by atoms with van der Waals surface area (Å²) in [6, 6.07) is 4.97. The van der Waals surface area contributed by atoms with Crippen LogP contribution in [0.5, 0.6) is 0 Å². The zero-order valence-corrected chi connectivity index (χ0v) is 14.3. The monoisotopic (exact) mass is 319 g/mol. The number of non-ortho nitro benzene ring substituents is 1. The third-order valence-electron chi connectivity index (χ3n) is 4.16. The van der Waals surface area contributed by atoms with Gasteiger partial charge in [0.1, 0.15) is 0 Å². The van der Waals surface area contributed by atoms with E-state index in [4.69, 9.17) is 0 Å². The van der Waals surface area contributed by atoms with Crippen LogP contribution in [0.4, 0.5) is 11.4 Å². The summed E-state index contributed by atoms with van der Waals surface area (Å²) in [6.07, 6.45) is 0.901. The van der Waals surface area contributed by atoms with Gasteiger partial charge in [0.05, 0.1) is 4.92 Å². The fourth-order valence-corrected chi connectivity index (χ4v) is 2.94. The van der Waals surface area contributed by atoms with Gasteiger partial charge in [-0.05, 0) is 25.0 Å². The Morgan fingerprint density at radius 3 is 2.43 bits per heavy atom. The molecule has 6 nitrogen and oxygen atoms in total. The molecule has 0 bridgehead atoms. The van der Waals surface area contributed by atoms with Crippen LogP contribution >= 0.6 is 0 Å². The SMILES string of the molecule is Cc1cc([N+](=O)[O-])ccc1N1CCCN(C(=O)C(C)(C)C)CC1. The molecular formula is C17H25N3O3. The van der Waals surface area contributed by atoms with E-state index in [0.29, 0.717) is 6.54 Å². The maximum atomic E-state index is 12.4. The summed E-state index contributed by atoms with van der Waals surface area (Å²) in [6.45, 7) is 10.8. The highest BCUT2D eigenvalue weighted by Crippen LogP contribution is 2.26. The van der Waals surface area contributed by atoms with E-state index in [-0.39, 0.29) is 21.9 Å². The fourth-order valence-electron chi connectivity index (χ4n) is 2.94. The van der Waals surface area contributed by atoms with Crippen molar-refractivity contribution >= 4 is 17.3 Å². The maximum absolute atomic E-state index is 12.4. The van der Waals surface area contributed by atoms with E-state index >= 15 is 0 Å². The fraction of sp³-hybridized carbons (Fsp3) is 0.588. The molecular weight excluding hydrogens is 294 g/mol. The van der Waals surface area contributed by atoms with Gasteiger partial charge in [0.15, 0.2) is 0 Å². The zero-order valence-electron chi connectivity index (χ0n) is 14.3. The number of carbonyl (C=O) groups excluding carboxylic acids is 1. The topological polar surface area (TPSA) is 66.7 Å². The number of nitrogens with zero attached hydrogens (tertiary/aromatic N) is 3. The number of anilines is 1. The average molecular weight is 319 g/mol. The first-order valence-electron chi connectivity index (χ1n) is 7.99. The molecule has 1 fully saturated rings. The van der Waals surface area contributed by atoms with Crippen molar-refractivity contribution in [3.05, 3.63) is 33.9 Å². The highest BCUT2D eigenvalue weighted by molar-refractivity contribution is 5.81. The predicted molar refractivity (Wildman–Crippen MR) is 90.7 cm³/mol. The molecule has 0 atom stereocenters. The van der Waals surface area contributed by atoms with Crippen LogP contribution < -0.4 is 4.90 Å². The standard InChI is InChI=1S/C17H25N3O3/c1-13-12-14(20(22)23)6-7-15(13)18-8-5-9-19(11-10-18)16(21)17(2,3)4/h6-7,12H,5,8-11H2,1-4H3. The molecule has 0 spiro atoms. The third kappa shape index (κ3) is 4.00. The van der Waals surface area contributed by atoms with E-state index < -0.39 is 0 Å². The molecule has 1 amide bonds. The molecule has 6 heteroatoms. The Morgan fingerprint density at radius 1 is 1.17 bits per heavy atom. The number of aryl methyl sites for hydroxylation is 1. The molecule has 1 aliphatic heterocycles. The summed E-state index contributed by atoms with van der Waals surface area (Å²) >= 11 is 0. The lowest BCUT2D eigenvalue weighted by molar-refractivity contribution is -0.384. The van der Waals surface area contributed by atoms with Crippen molar-refractivity contribution in [3.8, 4) is 0 Å². The van der Waals surface area contributed by atoms with E-state index in [1.165, 1.54) is 0 Å². The van der Waals surface area contributed by atoms with Gasteiger partial charge in [-0.2, -0.15) is 0 Å². The molecule has 1 aromatic rings. The van der Waals surface area contributed by atoms with E-state index in [1.807, 2.05) is 38.7 Å². The molecule has 1 aliphatic rings. The Bertz CT molecular complexity index is 608. The van der Waals surface area contributed by atoms with Gasteiger partial charge < -0.3 is 9.80 Å². The smallest absolute Gasteiger partial charge is 0.269 e. The predicted octanol–water partition coefficient (Wildman–Crippen LogP) is 2.99. The van der Waals surface area contributed by atoms with E-state index in [9.17, 15) is 14.9 Å². The molecule has 1 aromatic carbocycles. The summed E-state index contributed by atoms with van der Waals surface area (Å²) in [7, 11) is 0. The van der Waals surface area contributed by atoms with Crippen molar-refractivity contribution in [2.75, 3.05) is 31.1 Å². The van der Waals surface area contributed by atoms with Crippen LogP contribution in [-0.2, 0) is 4.79 Å². The number of carbonyl (C=O) groups is 1. The van der Waals surface area contributed by atoms with Gasteiger partial charge >= 0.3 is 0 Å². The Balaban J connectivity index is 2.12. The number of hydrogen-bond donors (Lipinski definition) is 0. The van der Waals surface area contributed by atoms with Gasteiger partial charge in [0, 0.05) is 49.4 Å². The Morgan fingerprint density at radius 2 is 1.87 bits per heavy atom. The van der Waals surface area contributed by atoms with Crippen molar-refractivity contribution in [2.24, 2.45) is 5.41 Å².